The molecule has 0 bridgehead atoms. The van der Waals surface area contributed by atoms with Crippen molar-refractivity contribution in [1.29, 1.82) is 0 Å². The largest absolute Gasteiger partial charge is 0.466 e. The van der Waals surface area contributed by atoms with Gasteiger partial charge in [0.1, 0.15) is 6.10 Å². The minimum absolute atomic E-state index is 0.00317. The average Bonchev–Trinajstić information content (AvgIpc) is 2.51. The summed E-state index contributed by atoms with van der Waals surface area (Å²) in [6, 6.07) is 1.69. The van der Waals surface area contributed by atoms with Gasteiger partial charge >= 0.3 is 12.1 Å². The molecule has 1 N–H and O–H groups in total. The van der Waals surface area contributed by atoms with Gasteiger partial charge in [-0.05, 0) is 53.3 Å². The van der Waals surface area contributed by atoms with E-state index in [4.69, 9.17) is 9.47 Å². The van der Waals surface area contributed by atoms with Crippen molar-refractivity contribution in [3.8, 4) is 0 Å². The molecule has 1 amide bonds. The van der Waals surface area contributed by atoms with E-state index in [-0.39, 0.29) is 18.5 Å². The van der Waals surface area contributed by atoms with E-state index >= 15 is 0 Å². The highest BCUT2D eigenvalue weighted by Gasteiger charge is 2.19. The Bertz CT molecular complexity index is 564. The summed E-state index contributed by atoms with van der Waals surface area (Å²) in [5.41, 5.74) is 0.894. The first kappa shape index (κ1) is 18.1. The third-order valence-electron chi connectivity index (χ3n) is 3.23. The number of carbonyl (C=O) groups excluding carboxylic acids is 2. The molecule has 126 valence electrons. The van der Waals surface area contributed by atoms with Crippen LogP contribution in [0.25, 0.3) is 0 Å². The number of nitrogens with one attached hydrogen (secondary N) is 1. The summed E-state index contributed by atoms with van der Waals surface area (Å²) in [7, 11) is 0. The molecule has 0 aromatic carbocycles. The lowest BCUT2D eigenvalue weighted by atomic mass is 10.2. The number of halogens is 1. The monoisotopic (exact) mass is 402 g/mol. The smallest absolute Gasteiger partial charge is 0.411 e. The molecule has 1 aromatic rings. The van der Waals surface area contributed by atoms with Gasteiger partial charge in [-0.25, -0.2) is 4.79 Å². The third kappa shape index (κ3) is 6.02. The number of carbonyl (C=O) groups is 2. The average molecular weight is 403 g/mol. The lowest BCUT2D eigenvalue weighted by Gasteiger charge is -2.22. The molecule has 0 spiro atoms. The summed E-state index contributed by atoms with van der Waals surface area (Å²) in [6.07, 6.45) is 2.73. The molecule has 23 heavy (non-hydrogen) atoms. The van der Waals surface area contributed by atoms with Crippen LogP contribution in [0.5, 0.6) is 0 Å². The minimum Gasteiger partial charge on any atom is -0.466 e. The predicted octanol–water partition coefficient (Wildman–Crippen LogP) is 3.39. The lowest BCUT2D eigenvalue weighted by Crippen LogP contribution is -2.26. The fourth-order valence-electron chi connectivity index (χ4n) is 2.15. The van der Waals surface area contributed by atoms with Crippen molar-refractivity contribution in [2.45, 2.75) is 32.3 Å². The second-order valence-corrected chi connectivity index (χ2v) is 7.11. The highest BCUT2D eigenvalue weighted by atomic mass is 79.9. The Kier molecular flexibility index (Phi) is 7.16. The first-order valence-corrected chi connectivity index (χ1v) is 9.38. The summed E-state index contributed by atoms with van der Waals surface area (Å²) >= 11 is 5.17. The number of esters is 1. The van der Waals surface area contributed by atoms with Crippen molar-refractivity contribution in [3.05, 3.63) is 22.4 Å². The van der Waals surface area contributed by atoms with E-state index < -0.39 is 6.09 Å². The van der Waals surface area contributed by atoms with Gasteiger partial charge in [0.05, 0.1) is 24.4 Å². The van der Waals surface area contributed by atoms with Crippen molar-refractivity contribution >= 4 is 45.4 Å². The van der Waals surface area contributed by atoms with Gasteiger partial charge in [0.25, 0.3) is 0 Å². The fraction of sp³-hybridized carbons (Fsp3) is 0.533. The molecule has 0 saturated carbocycles. The fourth-order valence-corrected chi connectivity index (χ4v) is 3.54. The predicted molar refractivity (Wildman–Crippen MR) is 92.7 cm³/mol. The van der Waals surface area contributed by atoms with Gasteiger partial charge in [0.15, 0.2) is 0 Å². The van der Waals surface area contributed by atoms with E-state index in [2.05, 4.69) is 26.2 Å². The van der Waals surface area contributed by atoms with Gasteiger partial charge in [-0.1, -0.05) is 0 Å². The molecule has 1 saturated heterocycles. The molecular formula is C15H19BrN2O4S. The maximum atomic E-state index is 12.1. The molecule has 0 atom stereocenters. The first-order chi connectivity index (χ1) is 11.1. The van der Waals surface area contributed by atoms with Gasteiger partial charge < -0.3 is 9.47 Å². The second kappa shape index (κ2) is 9.12. The number of amides is 1. The molecule has 0 radical (unpaired) electrons. The van der Waals surface area contributed by atoms with Crippen LogP contribution in [0.15, 0.2) is 16.7 Å². The number of hydrogen-bond acceptors (Lipinski definition) is 6. The number of hydrogen-bond donors (Lipinski definition) is 1. The number of aromatic nitrogens is 1. The molecule has 6 nitrogen and oxygen atoms in total. The Morgan fingerprint density at radius 2 is 2.17 bits per heavy atom. The molecular weight excluding hydrogens is 384 g/mol. The van der Waals surface area contributed by atoms with Gasteiger partial charge in [-0.15, -0.1) is 0 Å². The zero-order chi connectivity index (χ0) is 16.7. The highest BCUT2D eigenvalue weighted by Crippen LogP contribution is 2.22. The number of thioether (sulfide) groups is 1. The van der Waals surface area contributed by atoms with Crippen LogP contribution in [0.3, 0.4) is 0 Å². The second-order valence-electron chi connectivity index (χ2n) is 4.97. The normalized spacial score (nSPS) is 15.0. The number of rotatable bonds is 5. The Morgan fingerprint density at radius 3 is 2.87 bits per heavy atom. The van der Waals surface area contributed by atoms with E-state index in [0.717, 1.165) is 24.3 Å². The summed E-state index contributed by atoms with van der Waals surface area (Å²) in [6.45, 7) is 2.05. The number of pyridine rings is 1. The van der Waals surface area contributed by atoms with Gasteiger partial charge in [0, 0.05) is 10.7 Å². The van der Waals surface area contributed by atoms with Crippen LogP contribution in [0, 0.1) is 0 Å². The topological polar surface area (TPSA) is 77.5 Å². The maximum absolute atomic E-state index is 12.1. The molecule has 0 unspecified atom stereocenters. The quantitative estimate of drug-likeness (QED) is 0.760. The maximum Gasteiger partial charge on any atom is 0.411 e. The summed E-state index contributed by atoms with van der Waals surface area (Å²) in [5, 5.41) is 2.68. The summed E-state index contributed by atoms with van der Waals surface area (Å²) < 4.78 is 11.0. The summed E-state index contributed by atoms with van der Waals surface area (Å²) in [5.74, 6) is 1.62. The van der Waals surface area contributed by atoms with Crippen molar-refractivity contribution in [1.82, 2.24) is 4.98 Å². The van der Waals surface area contributed by atoms with Gasteiger partial charge in [-0.2, -0.15) is 11.8 Å². The zero-order valence-corrected chi connectivity index (χ0v) is 15.2. The molecule has 0 aliphatic carbocycles. The minimum atomic E-state index is -0.521. The standard InChI is InChI=1S/C15H19BrN2O4S/c1-2-21-14(19)8-12-13(7-10(16)9-17-12)18-15(20)22-11-3-5-23-6-4-11/h7,9,11H,2-6,8H2,1H3,(H,18,20). The Balaban J connectivity index is 2.00. The Hall–Kier alpha value is -1.28. The Morgan fingerprint density at radius 1 is 1.43 bits per heavy atom. The van der Waals surface area contributed by atoms with Crippen molar-refractivity contribution < 1.29 is 19.1 Å². The lowest BCUT2D eigenvalue weighted by molar-refractivity contribution is -0.142. The van der Waals surface area contributed by atoms with Crippen molar-refractivity contribution in [2.75, 3.05) is 23.4 Å². The first-order valence-electron chi connectivity index (χ1n) is 7.44. The van der Waals surface area contributed by atoms with Gasteiger partial charge in [0.2, 0.25) is 0 Å². The molecule has 1 fully saturated rings. The van der Waals surface area contributed by atoms with E-state index in [1.54, 1.807) is 19.2 Å². The molecule has 2 heterocycles. The number of anilines is 1. The van der Waals surface area contributed by atoms with Crippen LogP contribution in [-0.2, 0) is 20.7 Å². The van der Waals surface area contributed by atoms with Crippen LogP contribution in [-0.4, -0.2) is 41.3 Å². The van der Waals surface area contributed by atoms with E-state index in [0.29, 0.717) is 22.5 Å². The number of nitrogens with zero attached hydrogens (tertiary/aromatic N) is 1. The van der Waals surface area contributed by atoms with Crippen LogP contribution in [0.4, 0.5) is 10.5 Å². The third-order valence-corrected chi connectivity index (χ3v) is 4.72. The molecule has 2 rings (SSSR count). The van der Waals surface area contributed by atoms with Crippen LogP contribution in [0.1, 0.15) is 25.5 Å². The van der Waals surface area contributed by atoms with Crippen molar-refractivity contribution in [2.24, 2.45) is 0 Å². The van der Waals surface area contributed by atoms with Gasteiger partial charge in [-0.3, -0.25) is 15.1 Å². The highest BCUT2D eigenvalue weighted by molar-refractivity contribution is 9.10. The van der Waals surface area contributed by atoms with E-state index in [1.807, 2.05) is 11.8 Å². The van der Waals surface area contributed by atoms with E-state index in [9.17, 15) is 9.59 Å². The zero-order valence-electron chi connectivity index (χ0n) is 12.8. The molecule has 1 aliphatic heterocycles. The van der Waals surface area contributed by atoms with Crippen LogP contribution < -0.4 is 5.32 Å². The molecule has 8 heteroatoms. The number of ether oxygens (including phenoxy) is 2. The van der Waals surface area contributed by atoms with E-state index in [1.165, 1.54) is 0 Å². The van der Waals surface area contributed by atoms with Crippen LogP contribution in [0.2, 0.25) is 0 Å². The SMILES string of the molecule is CCOC(=O)Cc1ncc(Br)cc1NC(=O)OC1CCSCC1. The molecule has 1 aliphatic rings. The Labute approximate surface area is 147 Å². The van der Waals surface area contributed by atoms with Crippen molar-refractivity contribution in [3.63, 3.8) is 0 Å². The molecule has 1 aromatic heterocycles. The van der Waals surface area contributed by atoms with Crippen LogP contribution >= 0.6 is 27.7 Å². The summed E-state index contributed by atoms with van der Waals surface area (Å²) in [4.78, 5) is 27.9.